The van der Waals surface area contributed by atoms with Crippen LogP contribution >= 0.6 is 0 Å². The smallest absolute Gasteiger partial charge is 0.119 e. The van der Waals surface area contributed by atoms with E-state index in [1.54, 1.807) is 0 Å². The summed E-state index contributed by atoms with van der Waals surface area (Å²) in [5, 5.41) is 3.51. The molecular weight excluding hydrogens is 360 g/mol. The molecular formula is C25H30N2O2. The van der Waals surface area contributed by atoms with E-state index < -0.39 is 0 Å². The molecule has 1 heterocycles. The molecule has 1 aliphatic heterocycles. The molecule has 2 atom stereocenters. The number of hydrogen-bond acceptors (Lipinski definition) is 4. The van der Waals surface area contributed by atoms with Crippen LogP contribution in [0, 0.1) is 11.8 Å². The molecule has 0 aliphatic carbocycles. The Labute approximate surface area is 174 Å². The Morgan fingerprint density at radius 3 is 2.55 bits per heavy atom. The zero-order valence-corrected chi connectivity index (χ0v) is 17.1. The third-order valence-electron chi connectivity index (χ3n) is 4.91. The molecule has 2 aromatic rings. The number of nitrogens with one attached hydrogen (secondary N) is 1. The van der Waals surface area contributed by atoms with E-state index in [-0.39, 0.29) is 12.1 Å². The van der Waals surface area contributed by atoms with Crippen molar-refractivity contribution in [3.05, 3.63) is 78.4 Å². The van der Waals surface area contributed by atoms with Crippen LogP contribution in [-0.2, 0) is 4.74 Å². The highest BCUT2D eigenvalue weighted by Gasteiger charge is 2.12. The van der Waals surface area contributed by atoms with Gasteiger partial charge in [-0.15, -0.1) is 6.58 Å². The topological polar surface area (TPSA) is 33.7 Å². The molecule has 0 radical (unpaired) electrons. The highest BCUT2D eigenvalue weighted by atomic mass is 16.5. The first kappa shape index (κ1) is 21.1. The van der Waals surface area contributed by atoms with Crippen LogP contribution in [0.3, 0.4) is 0 Å². The maximum absolute atomic E-state index is 5.92. The number of ether oxygens (including phenoxy) is 2. The van der Waals surface area contributed by atoms with Gasteiger partial charge < -0.3 is 9.47 Å². The third-order valence-corrected chi connectivity index (χ3v) is 4.91. The maximum atomic E-state index is 5.92. The molecule has 0 bridgehead atoms. The van der Waals surface area contributed by atoms with Crippen molar-refractivity contribution in [3.63, 3.8) is 0 Å². The lowest BCUT2D eigenvalue weighted by molar-refractivity contribution is 0.0322. The molecule has 0 saturated carbocycles. The molecule has 1 N–H and O–H groups in total. The van der Waals surface area contributed by atoms with E-state index in [1.807, 2.05) is 48.5 Å². The van der Waals surface area contributed by atoms with Gasteiger partial charge in [-0.2, -0.15) is 0 Å². The minimum absolute atomic E-state index is 0.0781. The Morgan fingerprint density at radius 1 is 1.14 bits per heavy atom. The van der Waals surface area contributed by atoms with E-state index in [9.17, 15) is 0 Å². The summed E-state index contributed by atoms with van der Waals surface area (Å²) in [6.45, 7) is 11.2. The van der Waals surface area contributed by atoms with Gasteiger partial charge in [-0.1, -0.05) is 48.2 Å². The van der Waals surface area contributed by atoms with E-state index in [0.717, 1.165) is 49.7 Å². The van der Waals surface area contributed by atoms with Crippen LogP contribution < -0.4 is 10.1 Å². The van der Waals surface area contributed by atoms with Crippen molar-refractivity contribution in [1.29, 1.82) is 0 Å². The van der Waals surface area contributed by atoms with Gasteiger partial charge in [0.25, 0.3) is 0 Å². The van der Waals surface area contributed by atoms with E-state index in [1.165, 1.54) is 0 Å². The fraction of sp³-hybridized carbons (Fsp3) is 0.360. The number of rotatable bonds is 8. The number of benzene rings is 2. The van der Waals surface area contributed by atoms with Crippen LogP contribution in [0.5, 0.6) is 5.75 Å². The van der Waals surface area contributed by atoms with Crippen LogP contribution in [0.1, 0.15) is 24.1 Å². The number of hydrogen-bond donors (Lipinski definition) is 1. The molecule has 0 amide bonds. The second-order valence-electron chi connectivity index (χ2n) is 7.13. The van der Waals surface area contributed by atoms with Crippen molar-refractivity contribution in [2.75, 3.05) is 39.5 Å². The first-order chi connectivity index (χ1) is 14.2. The summed E-state index contributed by atoms with van der Waals surface area (Å²) in [5.74, 6) is 7.50. The Morgan fingerprint density at radius 2 is 1.86 bits per heavy atom. The standard InChI is InChI=1S/C25H30N2O2/c1-3-21(2)26-25(14-9-22-7-5-4-6-8-22)23-10-12-24(13-11-23)29-20-17-27-15-18-28-19-16-27/h3-8,10-13,21,25-26H,1,15-20H2,2H3. The van der Waals surface area contributed by atoms with Crippen LogP contribution in [0.4, 0.5) is 0 Å². The maximum Gasteiger partial charge on any atom is 0.119 e. The second-order valence-corrected chi connectivity index (χ2v) is 7.13. The number of morpholine rings is 1. The molecule has 1 aliphatic rings. The number of nitrogens with zero attached hydrogens (tertiary/aromatic N) is 1. The lowest BCUT2D eigenvalue weighted by Crippen LogP contribution is -2.38. The summed E-state index contributed by atoms with van der Waals surface area (Å²) >= 11 is 0. The molecule has 4 heteroatoms. The summed E-state index contributed by atoms with van der Waals surface area (Å²) in [6, 6.07) is 18.3. The van der Waals surface area contributed by atoms with Crippen LogP contribution in [0.15, 0.2) is 67.3 Å². The van der Waals surface area contributed by atoms with Gasteiger partial charge in [0.15, 0.2) is 0 Å². The zero-order chi connectivity index (χ0) is 20.3. The summed E-state index contributed by atoms with van der Waals surface area (Å²) in [4.78, 5) is 2.37. The van der Waals surface area contributed by atoms with Gasteiger partial charge in [0.2, 0.25) is 0 Å². The van der Waals surface area contributed by atoms with E-state index in [0.29, 0.717) is 6.61 Å². The Balaban J connectivity index is 1.61. The van der Waals surface area contributed by atoms with Crippen molar-refractivity contribution in [1.82, 2.24) is 10.2 Å². The lowest BCUT2D eigenvalue weighted by Gasteiger charge is -2.26. The lowest BCUT2D eigenvalue weighted by atomic mass is 10.1. The minimum atomic E-state index is -0.0781. The Kier molecular flexibility index (Phi) is 8.33. The Bertz CT molecular complexity index is 802. The SMILES string of the molecule is C=CC(C)NC(C#Cc1ccccc1)c1ccc(OCCN2CCOCC2)cc1. The van der Waals surface area contributed by atoms with E-state index >= 15 is 0 Å². The van der Waals surface area contributed by atoms with Crippen molar-refractivity contribution < 1.29 is 9.47 Å². The van der Waals surface area contributed by atoms with Gasteiger partial charge in [0.1, 0.15) is 12.4 Å². The zero-order valence-electron chi connectivity index (χ0n) is 17.1. The summed E-state index contributed by atoms with van der Waals surface area (Å²) in [7, 11) is 0. The molecule has 0 spiro atoms. The quantitative estimate of drug-likeness (QED) is 0.551. The molecule has 1 fully saturated rings. The predicted octanol–water partition coefficient (Wildman–Crippen LogP) is 3.65. The average Bonchev–Trinajstić information content (AvgIpc) is 2.78. The highest BCUT2D eigenvalue weighted by molar-refractivity contribution is 5.39. The highest BCUT2D eigenvalue weighted by Crippen LogP contribution is 2.19. The van der Waals surface area contributed by atoms with Gasteiger partial charge in [0.05, 0.1) is 19.3 Å². The normalized spacial score (nSPS) is 16.3. The van der Waals surface area contributed by atoms with Crippen LogP contribution in [0.2, 0.25) is 0 Å². The minimum Gasteiger partial charge on any atom is -0.492 e. The summed E-state index contributed by atoms with van der Waals surface area (Å²) < 4.78 is 11.3. The molecule has 2 aromatic carbocycles. The van der Waals surface area contributed by atoms with Gasteiger partial charge in [0, 0.05) is 31.2 Å². The second kappa shape index (κ2) is 11.4. The van der Waals surface area contributed by atoms with Crippen LogP contribution in [0.25, 0.3) is 0 Å². The van der Waals surface area contributed by atoms with Gasteiger partial charge >= 0.3 is 0 Å². The molecule has 29 heavy (non-hydrogen) atoms. The summed E-state index contributed by atoms with van der Waals surface area (Å²) in [5.41, 5.74) is 2.12. The van der Waals surface area contributed by atoms with Crippen molar-refractivity contribution in [3.8, 4) is 17.6 Å². The first-order valence-corrected chi connectivity index (χ1v) is 10.2. The van der Waals surface area contributed by atoms with Crippen molar-refractivity contribution in [2.24, 2.45) is 0 Å². The van der Waals surface area contributed by atoms with E-state index in [4.69, 9.17) is 9.47 Å². The molecule has 152 valence electrons. The van der Waals surface area contributed by atoms with Crippen molar-refractivity contribution in [2.45, 2.75) is 19.0 Å². The van der Waals surface area contributed by atoms with Gasteiger partial charge in [-0.3, -0.25) is 10.2 Å². The van der Waals surface area contributed by atoms with Gasteiger partial charge in [-0.25, -0.2) is 0 Å². The van der Waals surface area contributed by atoms with Crippen LogP contribution in [-0.4, -0.2) is 50.4 Å². The molecule has 4 nitrogen and oxygen atoms in total. The largest absolute Gasteiger partial charge is 0.492 e. The monoisotopic (exact) mass is 390 g/mol. The fourth-order valence-corrected chi connectivity index (χ4v) is 3.10. The Hall–Kier alpha value is -2.58. The average molecular weight is 391 g/mol. The molecule has 3 rings (SSSR count). The predicted molar refractivity (Wildman–Crippen MR) is 118 cm³/mol. The third kappa shape index (κ3) is 7.07. The van der Waals surface area contributed by atoms with Gasteiger partial charge in [-0.05, 0) is 36.8 Å². The fourth-order valence-electron chi connectivity index (χ4n) is 3.10. The molecule has 2 unspecified atom stereocenters. The first-order valence-electron chi connectivity index (χ1n) is 10.2. The molecule has 0 aromatic heterocycles. The molecule has 1 saturated heterocycles. The van der Waals surface area contributed by atoms with E-state index in [2.05, 4.69) is 47.7 Å². The summed E-state index contributed by atoms with van der Waals surface area (Å²) in [6.07, 6.45) is 1.89. The van der Waals surface area contributed by atoms with Crippen molar-refractivity contribution >= 4 is 0 Å².